The maximum Gasteiger partial charge on any atom is 0.326 e. The van der Waals surface area contributed by atoms with Gasteiger partial charge in [-0.1, -0.05) is 40.5 Å². The van der Waals surface area contributed by atoms with Crippen molar-refractivity contribution in [1.82, 2.24) is 16.0 Å². The van der Waals surface area contributed by atoms with E-state index in [1.54, 1.807) is 13.8 Å². The standard InChI is InChI=1S/C21H41N5O5S/c1-5-12(3)16(20(29)26-17(21(30)31)13(4)6-2)25-19(28)15(9-7-8-10-22)24-18(27)14(23)11-32/h12-17,32H,5-11,22-23H2,1-4H3,(H,24,27)(H,25,28)(H,26,29)(H,30,31). The highest BCUT2D eigenvalue weighted by Crippen LogP contribution is 2.13. The molecule has 0 spiro atoms. The van der Waals surface area contributed by atoms with Gasteiger partial charge in [-0.15, -0.1) is 0 Å². The summed E-state index contributed by atoms with van der Waals surface area (Å²) in [7, 11) is 0. The van der Waals surface area contributed by atoms with E-state index in [9.17, 15) is 24.3 Å². The molecule has 0 radical (unpaired) electrons. The van der Waals surface area contributed by atoms with Gasteiger partial charge in [0.1, 0.15) is 18.1 Å². The predicted octanol–water partition coefficient (Wildman–Crippen LogP) is 0.00370. The van der Waals surface area contributed by atoms with E-state index in [-0.39, 0.29) is 17.6 Å². The van der Waals surface area contributed by atoms with Crippen LogP contribution in [-0.4, -0.2) is 65.3 Å². The Kier molecular flexibility index (Phi) is 15.0. The van der Waals surface area contributed by atoms with Crippen molar-refractivity contribution in [2.45, 2.75) is 84.0 Å². The first kappa shape index (κ1) is 30.1. The lowest BCUT2D eigenvalue weighted by atomic mass is 9.95. The molecule has 0 bridgehead atoms. The van der Waals surface area contributed by atoms with E-state index in [4.69, 9.17) is 11.5 Å². The van der Waals surface area contributed by atoms with Gasteiger partial charge in [-0.05, 0) is 37.6 Å². The highest BCUT2D eigenvalue weighted by molar-refractivity contribution is 7.80. The van der Waals surface area contributed by atoms with E-state index in [1.165, 1.54) is 0 Å². The van der Waals surface area contributed by atoms with Crippen LogP contribution in [-0.2, 0) is 19.2 Å². The Morgan fingerprint density at radius 3 is 1.88 bits per heavy atom. The Labute approximate surface area is 196 Å². The molecule has 0 rings (SSSR count). The van der Waals surface area contributed by atoms with Gasteiger partial charge in [0.2, 0.25) is 17.7 Å². The van der Waals surface area contributed by atoms with Crippen LogP contribution in [0, 0.1) is 11.8 Å². The van der Waals surface area contributed by atoms with Gasteiger partial charge in [0.15, 0.2) is 0 Å². The lowest BCUT2D eigenvalue weighted by Crippen LogP contribution is -2.59. The number of nitrogens with one attached hydrogen (secondary N) is 3. The zero-order valence-corrected chi connectivity index (χ0v) is 20.5. The number of carbonyl (C=O) groups is 4. The molecule has 0 aliphatic carbocycles. The van der Waals surface area contributed by atoms with Gasteiger partial charge in [0, 0.05) is 5.75 Å². The van der Waals surface area contributed by atoms with Gasteiger partial charge >= 0.3 is 5.97 Å². The zero-order chi connectivity index (χ0) is 24.8. The minimum Gasteiger partial charge on any atom is -0.480 e. The van der Waals surface area contributed by atoms with Crippen molar-refractivity contribution in [3.8, 4) is 0 Å². The molecule has 3 amide bonds. The van der Waals surface area contributed by atoms with E-state index in [0.29, 0.717) is 38.6 Å². The first-order chi connectivity index (χ1) is 15.0. The Morgan fingerprint density at radius 1 is 0.875 bits per heavy atom. The number of unbranched alkanes of at least 4 members (excludes halogenated alkanes) is 1. The monoisotopic (exact) mass is 475 g/mol. The Hall–Kier alpha value is -1.85. The highest BCUT2D eigenvalue weighted by atomic mass is 32.1. The molecule has 6 unspecified atom stereocenters. The van der Waals surface area contributed by atoms with Gasteiger partial charge in [-0.25, -0.2) is 4.79 Å². The summed E-state index contributed by atoms with van der Waals surface area (Å²) in [6.07, 6.45) is 2.74. The summed E-state index contributed by atoms with van der Waals surface area (Å²) in [5.74, 6) is -3.17. The average Bonchev–Trinajstić information content (AvgIpc) is 2.77. The number of carboxylic acids is 1. The second kappa shape index (κ2) is 15.9. The fourth-order valence-electron chi connectivity index (χ4n) is 3.01. The van der Waals surface area contributed by atoms with E-state index < -0.39 is 47.9 Å². The Bertz CT molecular complexity index is 621. The number of nitrogens with two attached hydrogens (primary N) is 2. The summed E-state index contributed by atoms with van der Waals surface area (Å²) in [6.45, 7) is 7.69. The van der Waals surface area contributed by atoms with Crippen LogP contribution in [0.2, 0.25) is 0 Å². The SMILES string of the molecule is CCC(C)C(NC(=O)C(NC(=O)C(CCCCN)NC(=O)C(N)CS)C(C)CC)C(=O)O. The predicted molar refractivity (Wildman–Crippen MR) is 127 cm³/mol. The molecule has 0 aromatic rings. The molecule has 32 heavy (non-hydrogen) atoms. The molecule has 0 aromatic carbocycles. The van der Waals surface area contributed by atoms with Crippen molar-refractivity contribution in [3.05, 3.63) is 0 Å². The Balaban J connectivity index is 5.54. The molecule has 0 saturated carbocycles. The number of amides is 3. The lowest BCUT2D eigenvalue weighted by molar-refractivity contribution is -0.144. The second-order valence-corrected chi connectivity index (χ2v) is 8.58. The van der Waals surface area contributed by atoms with Crippen molar-refractivity contribution >= 4 is 36.3 Å². The summed E-state index contributed by atoms with van der Waals surface area (Å²) >= 11 is 4.01. The van der Waals surface area contributed by atoms with Gasteiger partial charge in [0.25, 0.3) is 0 Å². The lowest BCUT2D eigenvalue weighted by Gasteiger charge is -2.29. The van der Waals surface area contributed by atoms with Crippen molar-refractivity contribution in [1.29, 1.82) is 0 Å². The second-order valence-electron chi connectivity index (χ2n) is 8.22. The number of carbonyl (C=O) groups excluding carboxylic acids is 3. The molecular formula is C21H41N5O5S. The maximum atomic E-state index is 13.0. The average molecular weight is 476 g/mol. The fourth-order valence-corrected chi connectivity index (χ4v) is 3.17. The summed E-state index contributed by atoms with van der Waals surface area (Å²) in [6, 6.07) is -3.79. The highest BCUT2D eigenvalue weighted by Gasteiger charge is 2.33. The van der Waals surface area contributed by atoms with Gasteiger partial charge in [0.05, 0.1) is 6.04 Å². The first-order valence-electron chi connectivity index (χ1n) is 11.2. The smallest absolute Gasteiger partial charge is 0.326 e. The molecule has 186 valence electrons. The third-order valence-corrected chi connectivity index (χ3v) is 6.08. The van der Waals surface area contributed by atoms with E-state index in [1.807, 2.05) is 13.8 Å². The minimum absolute atomic E-state index is 0.118. The number of hydrogen-bond donors (Lipinski definition) is 7. The summed E-state index contributed by atoms with van der Waals surface area (Å²) in [5, 5.41) is 17.4. The summed E-state index contributed by atoms with van der Waals surface area (Å²) in [4.78, 5) is 49.8. The number of aliphatic carboxylic acids is 1. The van der Waals surface area contributed by atoms with Crippen LogP contribution in [0.15, 0.2) is 0 Å². The number of thiol groups is 1. The van der Waals surface area contributed by atoms with E-state index in [0.717, 1.165) is 0 Å². The van der Waals surface area contributed by atoms with Crippen molar-refractivity contribution in [2.24, 2.45) is 23.3 Å². The topological polar surface area (TPSA) is 177 Å². The zero-order valence-electron chi connectivity index (χ0n) is 19.6. The van der Waals surface area contributed by atoms with Crippen LogP contribution < -0.4 is 27.4 Å². The van der Waals surface area contributed by atoms with E-state index in [2.05, 4.69) is 28.6 Å². The largest absolute Gasteiger partial charge is 0.480 e. The third-order valence-electron chi connectivity index (χ3n) is 5.68. The molecule has 10 nitrogen and oxygen atoms in total. The number of rotatable bonds is 16. The first-order valence-corrected chi connectivity index (χ1v) is 11.9. The summed E-state index contributed by atoms with van der Waals surface area (Å²) in [5.41, 5.74) is 11.2. The molecule has 0 aliphatic rings. The number of carboxylic acid groups (broad SMARTS) is 1. The van der Waals surface area contributed by atoms with E-state index >= 15 is 0 Å². The maximum absolute atomic E-state index is 13.0. The molecule has 0 heterocycles. The molecule has 8 N–H and O–H groups in total. The fraction of sp³-hybridized carbons (Fsp3) is 0.810. The van der Waals surface area contributed by atoms with Crippen LogP contribution in [0.5, 0.6) is 0 Å². The molecule has 11 heteroatoms. The van der Waals surface area contributed by atoms with Gasteiger partial charge in [-0.2, -0.15) is 12.6 Å². The van der Waals surface area contributed by atoms with Crippen molar-refractivity contribution in [3.63, 3.8) is 0 Å². The van der Waals surface area contributed by atoms with Crippen LogP contribution >= 0.6 is 12.6 Å². The number of hydrogen-bond acceptors (Lipinski definition) is 7. The quantitative estimate of drug-likeness (QED) is 0.121. The van der Waals surface area contributed by atoms with Crippen molar-refractivity contribution in [2.75, 3.05) is 12.3 Å². The minimum atomic E-state index is -1.13. The van der Waals surface area contributed by atoms with Crippen LogP contribution in [0.3, 0.4) is 0 Å². The summed E-state index contributed by atoms with van der Waals surface area (Å²) < 4.78 is 0. The molecule has 0 fully saturated rings. The molecule has 0 aliphatic heterocycles. The van der Waals surface area contributed by atoms with Gasteiger partial charge in [-0.3, -0.25) is 14.4 Å². The molecular weight excluding hydrogens is 434 g/mol. The molecule has 0 aromatic heterocycles. The molecule has 0 saturated heterocycles. The Morgan fingerprint density at radius 2 is 1.41 bits per heavy atom. The van der Waals surface area contributed by atoms with Crippen LogP contribution in [0.4, 0.5) is 0 Å². The van der Waals surface area contributed by atoms with Crippen LogP contribution in [0.1, 0.15) is 59.8 Å². The third kappa shape index (κ3) is 10.2. The molecule has 6 atom stereocenters. The van der Waals surface area contributed by atoms with Crippen molar-refractivity contribution < 1.29 is 24.3 Å². The van der Waals surface area contributed by atoms with Gasteiger partial charge < -0.3 is 32.5 Å². The van der Waals surface area contributed by atoms with Crippen LogP contribution in [0.25, 0.3) is 0 Å². The normalized spacial score (nSPS) is 16.7.